The van der Waals surface area contributed by atoms with Crippen LogP contribution in [0, 0.1) is 6.92 Å². The highest BCUT2D eigenvalue weighted by Crippen LogP contribution is 2.18. The number of amides is 1. The summed E-state index contributed by atoms with van der Waals surface area (Å²) in [5.74, 6) is -4.06. The first-order valence-corrected chi connectivity index (χ1v) is 9.53. The molecule has 0 aliphatic heterocycles. The van der Waals surface area contributed by atoms with Crippen LogP contribution in [0.3, 0.4) is 0 Å². The van der Waals surface area contributed by atoms with Crippen molar-refractivity contribution >= 4 is 15.7 Å². The lowest BCUT2D eigenvalue weighted by atomic mass is 10.1. The molecular formula is C18H20F2N2O3S. The summed E-state index contributed by atoms with van der Waals surface area (Å²) >= 11 is 0. The Hall–Kier alpha value is -2.32. The Morgan fingerprint density at radius 3 is 2.19 bits per heavy atom. The van der Waals surface area contributed by atoms with E-state index in [2.05, 4.69) is 5.32 Å². The highest BCUT2D eigenvalue weighted by Gasteiger charge is 2.27. The van der Waals surface area contributed by atoms with Gasteiger partial charge in [-0.05, 0) is 36.8 Å². The van der Waals surface area contributed by atoms with E-state index < -0.39 is 34.8 Å². The molecule has 140 valence electrons. The van der Waals surface area contributed by atoms with Crippen LogP contribution in [-0.2, 0) is 15.6 Å². The van der Waals surface area contributed by atoms with E-state index in [-0.39, 0.29) is 16.2 Å². The summed E-state index contributed by atoms with van der Waals surface area (Å²) in [5, 5.41) is 2.10. The van der Waals surface area contributed by atoms with Gasteiger partial charge in [0.15, 0.2) is 9.84 Å². The molecule has 8 heteroatoms. The molecule has 2 aromatic carbocycles. The van der Waals surface area contributed by atoms with E-state index in [1.54, 1.807) is 24.3 Å². The lowest BCUT2D eigenvalue weighted by Gasteiger charge is -2.14. The van der Waals surface area contributed by atoms with Crippen molar-refractivity contribution in [2.24, 2.45) is 5.73 Å². The van der Waals surface area contributed by atoms with E-state index in [1.165, 1.54) is 24.3 Å². The van der Waals surface area contributed by atoms with Gasteiger partial charge in [-0.3, -0.25) is 4.79 Å². The first kappa shape index (κ1) is 20.0. The van der Waals surface area contributed by atoms with Crippen molar-refractivity contribution < 1.29 is 22.0 Å². The number of sulfone groups is 1. The predicted octanol–water partition coefficient (Wildman–Crippen LogP) is 2.29. The number of hydrogen-bond acceptors (Lipinski definition) is 4. The zero-order chi connectivity index (χ0) is 19.4. The van der Waals surface area contributed by atoms with Gasteiger partial charge >= 0.3 is 0 Å². The van der Waals surface area contributed by atoms with Crippen LogP contribution in [0.1, 0.15) is 21.5 Å². The molecule has 0 bridgehead atoms. The molecule has 0 atom stereocenters. The maximum Gasteiger partial charge on any atom is 0.277 e. The van der Waals surface area contributed by atoms with Crippen LogP contribution in [0.15, 0.2) is 53.4 Å². The van der Waals surface area contributed by atoms with Gasteiger partial charge in [0, 0.05) is 5.56 Å². The van der Waals surface area contributed by atoms with Crippen molar-refractivity contribution in [3.8, 4) is 0 Å². The molecule has 0 fully saturated rings. The summed E-state index contributed by atoms with van der Waals surface area (Å²) in [5.41, 5.74) is 6.52. The Labute approximate surface area is 151 Å². The molecule has 3 N–H and O–H groups in total. The first-order valence-electron chi connectivity index (χ1n) is 7.87. The minimum absolute atomic E-state index is 0.161. The number of carbonyl (C=O) groups excluding carboxylic acids is 1. The summed E-state index contributed by atoms with van der Waals surface area (Å²) in [6, 6.07) is 12.3. The molecule has 0 aromatic heterocycles. The predicted molar refractivity (Wildman–Crippen MR) is 94.8 cm³/mol. The highest BCUT2D eigenvalue weighted by molar-refractivity contribution is 7.90. The fraction of sp³-hybridized carbons (Fsp3) is 0.278. The second kappa shape index (κ2) is 7.92. The smallest absolute Gasteiger partial charge is 0.277 e. The van der Waals surface area contributed by atoms with Crippen LogP contribution in [0.25, 0.3) is 0 Å². The highest BCUT2D eigenvalue weighted by atomic mass is 32.2. The van der Waals surface area contributed by atoms with Gasteiger partial charge in [-0.2, -0.15) is 0 Å². The Bertz CT molecular complexity index is 864. The minimum Gasteiger partial charge on any atom is -0.346 e. The van der Waals surface area contributed by atoms with Gasteiger partial charge in [0.1, 0.15) is 0 Å². The summed E-state index contributed by atoms with van der Waals surface area (Å²) in [6.45, 7) is 0.151. The second-order valence-corrected chi connectivity index (χ2v) is 8.00. The number of alkyl halides is 2. The van der Waals surface area contributed by atoms with E-state index >= 15 is 0 Å². The quantitative estimate of drug-likeness (QED) is 0.769. The second-order valence-electron chi connectivity index (χ2n) is 6.01. The molecule has 1 amide bonds. The monoisotopic (exact) mass is 382 g/mol. The average Bonchev–Trinajstić information content (AvgIpc) is 2.60. The number of hydrogen-bond donors (Lipinski definition) is 2. The Morgan fingerprint density at radius 2 is 1.65 bits per heavy atom. The molecule has 0 spiro atoms. The SMILES string of the molecule is Cc1ccc(S(=O)(=O)Cc2ccc(C(=O)NCC(F)(F)CN)cc2)cc1. The van der Waals surface area contributed by atoms with E-state index in [0.29, 0.717) is 5.56 Å². The number of benzene rings is 2. The Morgan fingerprint density at radius 1 is 1.08 bits per heavy atom. The molecular weight excluding hydrogens is 362 g/mol. The number of rotatable bonds is 7. The molecule has 0 aliphatic rings. The van der Waals surface area contributed by atoms with Crippen molar-refractivity contribution in [3.63, 3.8) is 0 Å². The zero-order valence-electron chi connectivity index (χ0n) is 14.2. The van der Waals surface area contributed by atoms with Crippen LogP contribution >= 0.6 is 0 Å². The third-order valence-corrected chi connectivity index (χ3v) is 5.46. The molecule has 0 radical (unpaired) electrons. The molecule has 0 heterocycles. The van der Waals surface area contributed by atoms with Crippen LogP contribution < -0.4 is 11.1 Å². The van der Waals surface area contributed by atoms with Gasteiger partial charge in [-0.15, -0.1) is 0 Å². The van der Waals surface area contributed by atoms with Crippen LogP contribution in [0.2, 0.25) is 0 Å². The third kappa shape index (κ3) is 5.34. The topological polar surface area (TPSA) is 89.3 Å². The van der Waals surface area contributed by atoms with Crippen LogP contribution in [-0.4, -0.2) is 33.3 Å². The van der Waals surface area contributed by atoms with Gasteiger partial charge < -0.3 is 11.1 Å². The Kier molecular flexibility index (Phi) is 6.09. The van der Waals surface area contributed by atoms with Gasteiger partial charge in [-0.25, -0.2) is 17.2 Å². The first-order chi connectivity index (χ1) is 12.1. The molecule has 2 rings (SSSR count). The van der Waals surface area contributed by atoms with Crippen molar-refractivity contribution in [1.29, 1.82) is 0 Å². The average molecular weight is 382 g/mol. The minimum atomic E-state index is -3.51. The number of nitrogens with two attached hydrogens (primary N) is 1. The van der Waals surface area contributed by atoms with E-state index in [0.717, 1.165) is 5.56 Å². The lowest BCUT2D eigenvalue weighted by Crippen LogP contribution is -2.41. The maximum absolute atomic E-state index is 13.1. The maximum atomic E-state index is 13.1. The number of carbonyl (C=O) groups is 1. The zero-order valence-corrected chi connectivity index (χ0v) is 15.0. The van der Waals surface area contributed by atoms with E-state index in [4.69, 9.17) is 5.73 Å². The molecule has 2 aromatic rings. The van der Waals surface area contributed by atoms with Crippen molar-refractivity contribution in [3.05, 3.63) is 65.2 Å². The van der Waals surface area contributed by atoms with Gasteiger partial charge in [0.2, 0.25) is 0 Å². The van der Waals surface area contributed by atoms with Gasteiger partial charge in [-0.1, -0.05) is 29.8 Å². The summed E-state index contributed by atoms with van der Waals surface area (Å²) in [7, 11) is -3.51. The van der Waals surface area contributed by atoms with E-state index in [1.807, 2.05) is 6.92 Å². The molecule has 0 saturated heterocycles. The number of halogens is 2. The van der Waals surface area contributed by atoms with Crippen molar-refractivity contribution in [1.82, 2.24) is 5.32 Å². The van der Waals surface area contributed by atoms with E-state index in [9.17, 15) is 22.0 Å². The lowest BCUT2D eigenvalue weighted by molar-refractivity contribution is 0.0118. The Balaban J connectivity index is 2.05. The van der Waals surface area contributed by atoms with Crippen molar-refractivity contribution in [2.45, 2.75) is 23.5 Å². The molecule has 26 heavy (non-hydrogen) atoms. The molecule has 0 unspecified atom stereocenters. The fourth-order valence-electron chi connectivity index (χ4n) is 2.18. The normalized spacial score (nSPS) is 12.0. The molecule has 0 saturated carbocycles. The standard InChI is InChI=1S/C18H20F2N2O3S/c1-13-2-8-16(9-3-13)26(24,25)10-14-4-6-15(7-5-14)17(23)22-12-18(19,20)11-21/h2-9H,10-12,21H2,1H3,(H,22,23). The number of aryl methyl sites for hydroxylation is 1. The largest absolute Gasteiger partial charge is 0.346 e. The summed E-state index contributed by atoms with van der Waals surface area (Å²) < 4.78 is 50.9. The van der Waals surface area contributed by atoms with Crippen molar-refractivity contribution in [2.75, 3.05) is 13.1 Å². The fourth-order valence-corrected chi connectivity index (χ4v) is 3.53. The summed E-state index contributed by atoms with van der Waals surface area (Å²) in [6.07, 6.45) is 0. The van der Waals surface area contributed by atoms with Gasteiger partial charge in [0.05, 0.1) is 23.7 Å². The summed E-state index contributed by atoms with van der Waals surface area (Å²) in [4.78, 5) is 12.1. The van der Waals surface area contributed by atoms with Crippen LogP contribution in [0.4, 0.5) is 8.78 Å². The number of nitrogens with one attached hydrogen (secondary N) is 1. The van der Waals surface area contributed by atoms with Crippen LogP contribution in [0.5, 0.6) is 0 Å². The third-order valence-electron chi connectivity index (χ3n) is 3.76. The molecule has 0 aliphatic carbocycles. The molecule has 5 nitrogen and oxygen atoms in total. The van der Waals surface area contributed by atoms with Gasteiger partial charge in [0.25, 0.3) is 11.8 Å².